The molecular formula is C15H23NO. The van der Waals surface area contributed by atoms with Crippen molar-refractivity contribution in [1.82, 2.24) is 5.32 Å². The zero-order chi connectivity index (χ0) is 12.1. The number of benzene rings is 1. The molecule has 1 fully saturated rings. The van der Waals surface area contributed by atoms with E-state index in [2.05, 4.69) is 43.4 Å². The third kappa shape index (κ3) is 3.30. The summed E-state index contributed by atoms with van der Waals surface area (Å²) in [5, 5.41) is 3.61. The lowest BCUT2D eigenvalue weighted by molar-refractivity contribution is 0.0000184. The van der Waals surface area contributed by atoms with Crippen LogP contribution in [0, 0.1) is 6.92 Å². The molecule has 0 bridgehead atoms. The van der Waals surface area contributed by atoms with Crippen LogP contribution in [0.4, 0.5) is 0 Å². The average molecular weight is 233 g/mol. The molecule has 2 unspecified atom stereocenters. The van der Waals surface area contributed by atoms with Crippen molar-refractivity contribution in [3.63, 3.8) is 0 Å². The first kappa shape index (κ1) is 12.6. The Labute approximate surface area is 104 Å². The summed E-state index contributed by atoms with van der Waals surface area (Å²) in [4.78, 5) is 0. The van der Waals surface area contributed by atoms with Gasteiger partial charge in [0.15, 0.2) is 0 Å². The fourth-order valence-corrected chi connectivity index (χ4v) is 2.50. The van der Waals surface area contributed by atoms with Crippen LogP contribution in [0.5, 0.6) is 0 Å². The van der Waals surface area contributed by atoms with Crippen LogP contribution in [0.3, 0.4) is 0 Å². The Hall–Kier alpha value is -0.860. The summed E-state index contributed by atoms with van der Waals surface area (Å²) in [5.74, 6) is 0. The number of nitrogens with one attached hydrogen (secondary N) is 1. The number of aryl methyl sites for hydroxylation is 1. The van der Waals surface area contributed by atoms with Gasteiger partial charge in [0, 0.05) is 12.6 Å². The molecule has 1 aliphatic heterocycles. The fourth-order valence-electron chi connectivity index (χ4n) is 2.50. The van der Waals surface area contributed by atoms with Gasteiger partial charge in [-0.1, -0.05) is 31.2 Å². The number of ether oxygens (including phenoxy) is 1. The Morgan fingerprint density at radius 3 is 2.94 bits per heavy atom. The Balaban J connectivity index is 1.99. The van der Waals surface area contributed by atoms with Crippen LogP contribution in [0.25, 0.3) is 0 Å². The first-order valence-electron chi connectivity index (χ1n) is 6.71. The molecule has 2 heteroatoms. The maximum absolute atomic E-state index is 5.92. The molecule has 1 aromatic carbocycles. The maximum atomic E-state index is 5.92. The minimum atomic E-state index is 0.277. The molecule has 0 aliphatic carbocycles. The van der Waals surface area contributed by atoms with E-state index in [0.29, 0.717) is 6.04 Å². The van der Waals surface area contributed by atoms with Crippen LogP contribution in [0.15, 0.2) is 24.3 Å². The minimum absolute atomic E-state index is 0.277. The van der Waals surface area contributed by atoms with Crippen molar-refractivity contribution >= 4 is 0 Å². The molecule has 1 aliphatic rings. The summed E-state index contributed by atoms with van der Waals surface area (Å²) in [7, 11) is 0. The van der Waals surface area contributed by atoms with E-state index in [9.17, 15) is 0 Å². The normalized spacial score (nSPS) is 24.8. The molecule has 1 saturated heterocycles. The van der Waals surface area contributed by atoms with E-state index in [4.69, 9.17) is 4.74 Å². The second-order valence-electron chi connectivity index (χ2n) is 4.89. The smallest absolute Gasteiger partial charge is 0.0842 e. The molecule has 94 valence electrons. The summed E-state index contributed by atoms with van der Waals surface area (Å²) < 4.78 is 5.92. The molecular weight excluding hydrogens is 210 g/mol. The predicted molar refractivity (Wildman–Crippen MR) is 71.2 cm³/mol. The van der Waals surface area contributed by atoms with Crippen LogP contribution in [0.2, 0.25) is 0 Å². The molecule has 1 N–H and O–H groups in total. The molecule has 1 heterocycles. The van der Waals surface area contributed by atoms with Gasteiger partial charge in [-0.05, 0) is 43.9 Å². The molecule has 0 saturated carbocycles. The summed E-state index contributed by atoms with van der Waals surface area (Å²) in [5.41, 5.74) is 2.70. The van der Waals surface area contributed by atoms with Crippen molar-refractivity contribution in [2.75, 3.05) is 13.2 Å². The van der Waals surface area contributed by atoms with Crippen molar-refractivity contribution in [2.24, 2.45) is 0 Å². The molecule has 0 aromatic heterocycles. The zero-order valence-corrected chi connectivity index (χ0v) is 10.9. The van der Waals surface area contributed by atoms with Gasteiger partial charge in [0.2, 0.25) is 0 Å². The lowest BCUT2D eigenvalue weighted by Crippen LogP contribution is -2.36. The van der Waals surface area contributed by atoms with Crippen molar-refractivity contribution < 1.29 is 4.74 Å². The van der Waals surface area contributed by atoms with E-state index < -0.39 is 0 Å². The van der Waals surface area contributed by atoms with Crippen molar-refractivity contribution in [3.8, 4) is 0 Å². The third-order valence-electron chi connectivity index (χ3n) is 3.50. The predicted octanol–water partition coefficient (Wildman–Crippen LogP) is 3.21. The second-order valence-corrected chi connectivity index (χ2v) is 4.89. The molecule has 17 heavy (non-hydrogen) atoms. The summed E-state index contributed by atoms with van der Waals surface area (Å²) in [6.07, 6.45) is 3.72. The van der Waals surface area contributed by atoms with E-state index in [0.717, 1.165) is 26.0 Å². The molecule has 0 amide bonds. The first-order valence-corrected chi connectivity index (χ1v) is 6.71. The van der Waals surface area contributed by atoms with Gasteiger partial charge >= 0.3 is 0 Å². The highest BCUT2D eigenvalue weighted by molar-refractivity contribution is 5.28. The molecule has 0 radical (unpaired) electrons. The van der Waals surface area contributed by atoms with Gasteiger partial charge in [0.05, 0.1) is 6.10 Å². The highest BCUT2D eigenvalue weighted by Crippen LogP contribution is 2.29. The van der Waals surface area contributed by atoms with Crippen molar-refractivity contribution in [2.45, 2.75) is 45.3 Å². The lowest BCUT2D eigenvalue weighted by Gasteiger charge is -2.31. The van der Waals surface area contributed by atoms with Gasteiger partial charge in [-0.25, -0.2) is 0 Å². The van der Waals surface area contributed by atoms with E-state index in [1.807, 2.05) is 0 Å². The molecule has 2 atom stereocenters. The molecule has 1 aromatic rings. The molecule has 2 nitrogen and oxygen atoms in total. The van der Waals surface area contributed by atoms with Crippen LogP contribution in [-0.4, -0.2) is 19.2 Å². The standard InChI is InChI=1S/C15H23NO/c1-3-9-16-13-8-10-17-15(11-13)14-7-5-4-6-12(14)2/h4-7,13,15-16H,3,8-11H2,1-2H3. The Bertz CT molecular complexity index is 351. The minimum Gasteiger partial charge on any atom is -0.373 e. The quantitative estimate of drug-likeness (QED) is 0.862. The van der Waals surface area contributed by atoms with Crippen LogP contribution in [-0.2, 0) is 4.74 Å². The third-order valence-corrected chi connectivity index (χ3v) is 3.50. The van der Waals surface area contributed by atoms with Gasteiger partial charge in [0.1, 0.15) is 0 Å². The lowest BCUT2D eigenvalue weighted by atomic mass is 9.94. The topological polar surface area (TPSA) is 21.3 Å². The van der Waals surface area contributed by atoms with Gasteiger partial charge < -0.3 is 10.1 Å². The SMILES string of the molecule is CCCNC1CCOC(c2ccccc2C)C1. The van der Waals surface area contributed by atoms with Crippen LogP contribution < -0.4 is 5.32 Å². The van der Waals surface area contributed by atoms with E-state index in [1.165, 1.54) is 17.5 Å². The Morgan fingerprint density at radius 2 is 2.18 bits per heavy atom. The summed E-state index contributed by atoms with van der Waals surface area (Å²) in [6.45, 7) is 6.37. The average Bonchev–Trinajstić information content (AvgIpc) is 2.37. The van der Waals surface area contributed by atoms with Crippen molar-refractivity contribution in [3.05, 3.63) is 35.4 Å². The van der Waals surface area contributed by atoms with Crippen LogP contribution in [0.1, 0.15) is 43.4 Å². The highest BCUT2D eigenvalue weighted by Gasteiger charge is 2.24. The van der Waals surface area contributed by atoms with Gasteiger partial charge in [-0.3, -0.25) is 0 Å². The van der Waals surface area contributed by atoms with Crippen LogP contribution >= 0.6 is 0 Å². The van der Waals surface area contributed by atoms with E-state index in [-0.39, 0.29) is 6.10 Å². The second kappa shape index (κ2) is 6.18. The zero-order valence-electron chi connectivity index (χ0n) is 10.9. The van der Waals surface area contributed by atoms with Gasteiger partial charge in [-0.15, -0.1) is 0 Å². The molecule has 0 spiro atoms. The van der Waals surface area contributed by atoms with Gasteiger partial charge in [-0.2, -0.15) is 0 Å². The number of rotatable bonds is 4. The fraction of sp³-hybridized carbons (Fsp3) is 0.600. The summed E-state index contributed by atoms with van der Waals surface area (Å²) >= 11 is 0. The Kier molecular flexibility index (Phi) is 4.57. The maximum Gasteiger partial charge on any atom is 0.0842 e. The number of hydrogen-bond donors (Lipinski definition) is 1. The monoisotopic (exact) mass is 233 g/mol. The van der Waals surface area contributed by atoms with E-state index >= 15 is 0 Å². The molecule has 2 rings (SSSR count). The van der Waals surface area contributed by atoms with E-state index in [1.54, 1.807) is 0 Å². The number of hydrogen-bond acceptors (Lipinski definition) is 2. The van der Waals surface area contributed by atoms with Gasteiger partial charge in [0.25, 0.3) is 0 Å². The highest BCUT2D eigenvalue weighted by atomic mass is 16.5. The summed E-state index contributed by atoms with van der Waals surface area (Å²) in [6, 6.07) is 9.18. The largest absolute Gasteiger partial charge is 0.373 e. The first-order chi connectivity index (χ1) is 8.31. The Morgan fingerprint density at radius 1 is 1.35 bits per heavy atom. The van der Waals surface area contributed by atoms with Crippen molar-refractivity contribution in [1.29, 1.82) is 0 Å².